The molecule has 1 aromatic carbocycles. The van der Waals surface area contributed by atoms with Crippen LogP contribution in [0.3, 0.4) is 0 Å². The normalized spacial score (nSPS) is 10.9. The quantitative estimate of drug-likeness (QED) is 0.823. The van der Waals surface area contributed by atoms with Gasteiger partial charge in [-0.15, -0.1) is 0 Å². The monoisotopic (exact) mass is 299 g/mol. The molecule has 7 nitrogen and oxygen atoms in total. The lowest BCUT2D eigenvalue weighted by Crippen LogP contribution is -2.29. The van der Waals surface area contributed by atoms with E-state index >= 15 is 0 Å². The number of hydrogen-bond acceptors (Lipinski definition) is 5. The van der Waals surface area contributed by atoms with Crippen molar-refractivity contribution in [2.24, 2.45) is 4.99 Å². The van der Waals surface area contributed by atoms with Gasteiger partial charge in [0.25, 0.3) is 5.91 Å². The Kier molecular flexibility index (Phi) is 4.44. The number of aromatic nitrogens is 2. The van der Waals surface area contributed by atoms with Gasteiger partial charge in [0, 0.05) is 5.56 Å². The molecule has 0 radical (unpaired) electrons. The summed E-state index contributed by atoms with van der Waals surface area (Å²) in [6, 6.07) is 12.1. The molecule has 0 unspecified atom stereocenters. The molecule has 0 spiro atoms. The minimum atomic E-state index is -0.525. The average Bonchev–Trinajstić information content (AvgIpc) is 2.78. The molecule has 0 aliphatic carbocycles. The summed E-state index contributed by atoms with van der Waals surface area (Å²) in [6.07, 6.45) is 0. The first-order chi connectivity index (χ1) is 10.2. The molecule has 0 saturated heterocycles. The molecule has 0 atom stereocenters. The molecular formula is C13H9N5O2S. The fourth-order valence-corrected chi connectivity index (χ4v) is 2.45. The standard InChI is InChI=1S/C13H9N5O2S/c14-6-8-17-12(21-18(9-7-15)13(17)20)16-11(19)10-4-2-1-3-5-10/h1-5H,8-9H2. The molecule has 2 rings (SSSR count). The highest BCUT2D eigenvalue weighted by atomic mass is 32.1. The maximum absolute atomic E-state index is 12.0. The molecule has 0 saturated carbocycles. The number of carbonyl (C=O) groups is 1. The van der Waals surface area contributed by atoms with E-state index in [9.17, 15) is 9.59 Å². The summed E-state index contributed by atoms with van der Waals surface area (Å²) >= 11 is 0.880. The lowest BCUT2D eigenvalue weighted by Gasteiger charge is -1.93. The predicted octanol–water partition coefficient (Wildman–Crippen LogP) is 0.500. The van der Waals surface area contributed by atoms with E-state index in [4.69, 9.17) is 10.5 Å². The van der Waals surface area contributed by atoms with Crippen LogP contribution in [0.1, 0.15) is 10.4 Å². The molecule has 0 aliphatic rings. The summed E-state index contributed by atoms with van der Waals surface area (Å²) < 4.78 is 2.22. The van der Waals surface area contributed by atoms with Crippen molar-refractivity contribution in [1.29, 1.82) is 10.5 Å². The minimum absolute atomic E-state index is 0.102. The van der Waals surface area contributed by atoms with Crippen molar-refractivity contribution in [2.45, 2.75) is 13.1 Å². The summed E-state index contributed by atoms with van der Waals surface area (Å²) in [5.74, 6) is -0.507. The molecule has 1 heterocycles. The molecule has 2 aromatic rings. The van der Waals surface area contributed by atoms with Crippen molar-refractivity contribution in [3.8, 4) is 12.1 Å². The van der Waals surface area contributed by atoms with Gasteiger partial charge in [-0.1, -0.05) is 18.2 Å². The Morgan fingerprint density at radius 2 is 1.86 bits per heavy atom. The topological polar surface area (TPSA) is 104 Å². The van der Waals surface area contributed by atoms with Crippen LogP contribution in [0.25, 0.3) is 0 Å². The molecule has 21 heavy (non-hydrogen) atoms. The average molecular weight is 299 g/mol. The summed E-state index contributed by atoms with van der Waals surface area (Å²) in [7, 11) is 0. The zero-order valence-electron chi connectivity index (χ0n) is 10.8. The summed E-state index contributed by atoms with van der Waals surface area (Å²) in [5, 5.41) is 17.4. The highest BCUT2D eigenvalue weighted by molar-refractivity contribution is 7.03. The van der Waals surface area contributed by atoms with Crippen molar-refractivity contribution < 1.29 is 4.79 Å². The van der Waals surface area contributed by atoms with Crippen molar-refractivity contribution in [3.05, 3.63) is 51.2 Å². The SMILES string of the molecule is N#CCn1sc(=NC(=O)c2ccccc2)n(CC#N)c1=O. The largest absolute Gasteiger partial charge is 0.341 e. The zero-order chi connectivity index (χ0) is 15.2. The van der Waals surface area contributed by atoms with Crippen LogP contribution in [0.15, 0.2) is 40.1 Å². The third-order valence-corrected chi connectivity index (χ3v) is 3.51. The van der Waals surface area contributed by atoms with E-state index in [0.29, 0.717) is 5.56 Å². The highest BCUT2D eigenvalue weighted by Crippen LogP contribution is 2.00. The van der Waals surface area contributed by atoms with Gasteiger partial charge in [-0.25, -0.2) is 8.75 Å². The summed E-state index contributed by atoms with van der Waals surface area (Å²) in [4.78, 5) is 27.9. The van der Waals surface area contributed by atoms with Gasteiger partial charge in [-0.05, 0) is 23.7 Å². The Morgan fingerprint density at radius 3 is 2.48 bits per heavy atom. The van der Waals surface area contributed by atoms with Crippen LogP contribution in [0.2, 0.25) is 0 Å². The van der Waals surface area contributed by atoms with E-state index in [-0.39, 0.29) is 17.9 Å². The van der Waals surface area contributed by atoms with Crippen LogP contribution >= 0.6 is 11.5 Å². The molecule has 0 fully saturated rings. The first-order valence-corrected chi connectivity index (χ1v) is 6.63. The van der Waals surface area contributed by atoms with Crippen molar-refractivity contribution >= 4 is 17.4 Å². The van der Waals surface area contributed by atoms with Crippen molar-refractivity contribution in [2.75, 3.05) is 0 Å². The van der Waals surface area contributed by atoms with Gasteiger partial charge < -0.3 is 0 Å². The van der Waals surface area contributed by atoms with Gasteiger partial charge in [0.2, 0.25) is 4.80 Å². The second kappa shape index (κ2) is 6.46. The molecule has 1 amide bonds. The van der Waals surface area contributed by atoms with Crippen LogP contribution in [-0.4, -0.2) is 14.4 Å². The number of carbonyl (C=O) groups excluding carboxylic acids is 1. The number of rotatable bonds is 3. The predicted molar refractivity (Wildman–Crippen MR) is 74.1 cm³/mol. The van der Waals surface area contributed by atoms with E-state index in [0.717, 1.165) is 20.1 Å². The molecule has 0 aliphatic heterocycles. The number of amides is 1. The lowest BCUT2D eigenvalue weighted by molar-refractivity contribution is 0.0998. The van der Waals surface area contributed by atoms with E-state index < -0.39 is 11.6 Å². The van der Waals surface area contributed by atoms with Crippen LogP contribution < -0.4 is 10.5 Å². The van der Waals surface area contributed by atoms with E-state index in [1.165, 1.54) is 0 Å². The van der Waals surface area contributed by atoms with Crippen LogP contribution in [0.4, 0.5) is 0 Å². The first kappa shape index (κ1) is 14.4. The third kappa shape index (κ3) is 3.14. The Hall–Kier alpha value is -2.97. The zero-order valence-corrected chi connectivity index (χ0v) is 11.6. The second-order valence-corrected chi connectivity index (χ2v) is 4.87. The molecule has 1 aromatic heterocycles. The molecule has 8 heteroatoms. The molecular weight excluding hydrogens is 290 g/mol. The van der Waals surface area contributed by atoms with E-state index in [1.807, 2.05) is 12.1 Å². The second-order valence-electron chi connectivity index (χ2n) is 3.88. The molecule has 104 valence electrons. The fourth-order valence-electron chi connectivity index (χ4n) is 1.59. The van der Waals surface area contributed by atoms with Crippen LogP contribution in [0.5, 0.6) is 0 Å². The van der Waals surface area contributed by atoms with Gasteiger partial charge in [-0.3, -0.25) is 9.36 Å². The third-order valence-electron chi connectivity index (χ3n) is 2.53. The van der Waals surface area contributed by atoms with Crippen molar-refractivity contribution in [1.82, 2.24) is 8.52 Å². The van der Waals surface area contributed by atoms with Crippen LogP contribution in [0, 0.1) is 22.7 Å². The summed E-state index contributed by atoms with van der Waals surface area (Å²) in [6.45, 7) is -0.376. The minimum Gasteiger partial charge on any atom is -0.267 e. The lowest BCUT2D eigenvalue weighted by atomic mass is 10.2. The number of nitrogens with zero attached hydrogens (tertiary/aromatic N) is 5. The fraction of sp³-hybridized carbons (Fsp3) is 0.154. The Bertz CT molecular complexity index is 861. The Balaban J connectivity index is 2.53. The molecule has 0 N–H and O–H groups in total. The van der Waals surface area contributed by atoms with E-state index in [1.54, 1.807) is 30.3 Å². The van der Waals surface area contributed by atoms with Crippen LogP contribution in [-0.2, 0) is 13.1 Å². The number of benzene rings is 1. The number of nitriles is 2. The number of hydrogen-bond donors (Lipinski definition) is 0. The molecule has 0 bridgehead atoms. The van der Waals surface area contributed by atoms with Gasteiger partial charge in [0.1, 0.15) is 13.1 Å². The maximum atomic E-state index is 12.0. The maximum Gasteiger partial charge on any atom is 0.341 e. The highest BCUT2D eigenvalue weighted by Gasteiger charge is 2.10. The first-order valence-electron chi connectivity index (χ1n) is 5.86. The smallest absolute Gasteiger partial charge is 0.267 e. The Morgan fingerprint density at radius 1 is 1.19 bits per heavy atom. The Labute approximate surface area is 123 Å². The summed E-state index contributed by atoms with van der Waals surface area (Å²) in [5.41, 5.74) is -0.142. The van der Waals surface area contributed by atoms with Gasteiger partial charge in [0.15, 0.2) is 0 Å². The van der Waals surface area contributed by atoms with Gasteiger partial charge >= 0.3 is 5.69 Å². The van der Waals surface area contributed by atoms with Crippen molar-refractivity contribution in [3.63, 3.8) is 0 Å². The van der Waals surface area contributed by atoms with E-state index in [2.05, 4.69) is 4.99 Å². The van der Waals surface area contributed by atoms with Gasteiger partial charge in [0.05, 0.1) is 12.1 Å². The van der Waals surface area contributed by atoms with Gasteiger partial charge in [-0.2, -0.15) is 15.5 Å².